The quantitative estimate of drug-likeness (QED) is 0.614. The number of nitrogen functional groups attached to an aromatic ring is 1. The molecule has 1 aromatic carbocycles. The van der Waals surface area contributed by atoms with Crippen molar-refractivity contribution < 1.29 is 9.53 Å². The van der Waals surface area contributed by atoms with Crippen LogP contribution in [0.4, 0.5) is 5.69 Å². The number of ether oxygens (including phenoxy) is 1. The molecule has 0 atom stereocenters. The number of rotatable bonds is 2. The van der Waals surface area contributed by atoms with Gasteiger partial charge in [-0.2, -0.15) is 0 Å². The lowest BCUT2D eigenvalue weighted by Crippen LogP contribution is -2.39. The fourth-order valence-corrected chi connectivity index (χ4v) is 1.71. The molecule has 0 aromatic heterocycles. The van der Waals surface area contributed by atoms with Crippen molar-refractivity contribution in [2.75, 3.05) is 32.0 Å². The van der Waals surface area contributed by atoms with Crippen LogP contribution in [0.15, 0.2) is 30.3 Å². The summed E-state index contributed by atoms with van der Waals surface area (Å²) in [5.41, 5.74) is 7.34. The molecule has 90 valence electrons. The van der Waals surface area contributed by atoms with Crippen LogP contribution in [-0.4, -0.2) is 37.1 Å². The summed E-state index contributed by atoms with van der Waals surface area (Å²) in [5.74, 6) is 0.0107. The summed E-state index contributed by atoms with van der Waals surface area (Å²) >= 11 is 0. The molecular formula is C13H16N2O2. The van der Waals surface area contributed by atoms with Crippen LogP contribution in [-0.2, 0) is 9.53 Å². The third kappa shape index (κ3) is 3.07. The second-order valence-corrected chi connectivity index (χ2v) is 3.90. The summed E-state index contributed by atoms with van der Waals surface area (Å²) < 4.78 is 5.19. The van der Waals surface area contributed by atoms with Crippen molar-refractivity contribution in [1.29, 1.82) is 0 Å². The van der Waals surface area contributed by atoms with E-state index in [1.54, 1.807) is 17.1 Å². The third-order valence-electron chi connectivity index (χ3n) is 2.72. The number of anilines is 1. The van der Waals surface area contributed by atoms with Crippen LogP contribution in [0.3, 0.4) is 0 Å². The summed E-state index contributed by atoms with van der Waals surface area (Å²) in [4.78, 5) is 13.6. The molecule has 2 rings (SSSR count). The maximum atomic E-state index is 11.8. The van der Waals surface area contributed by atoms with Crippen molar-refractivity contribution in [2.45, 2.75) is 0 Å². The molecule has 1 aromatic rings. The van der Waals surface area contributed by atoms with E-state index in [2.05, 4.69) is 0 Å². The number of nitrogens with zero attached hydrogens (tertiary/aromatic N) is 1. The average molecular weight is 232 g/mol. The first kappa shape index (κ1) is 11.7. The highest BCUT2D eigenvalue weighted by molar-refractivity contribution is 5.92. The highest BCUT2D eigenvalue weighted by atomic mass is 16.5. The molecule has 0 radical (unpaired) electrons. The van der Waals surface area contributed by atoms with Crippen LogP contribution in [0, 0.1) is 0 Å². The fourth-order valence-electron chi connectivity index (χ4n) is 1.71. The molecule has 0 spiro atoms. The molecule has 0 unspecified atom stereocenters. The van der Waals surface area contributed by atoms with Gasteiger partial charge in [-0.25, -0.2) is 0 Å². The number of nitrogens with two attached hydrogens (primary N) is 1. The van der Waals surface area contributed by atoms with Gasteiger partial charge in [-0.3, -0.25) is 4.79 Å². The Kier molecular flexibility index (Phi) is 3.77. The molecule has 1 saturated heterocycles. The van der Waals surface area contributed by atoms with E-state index in [1.807, 2.05) is 24.3 Å². The van der Waals surface area contributed by atoms with Crippen LogP contribution in [0.1, 0.15) is 5.56 Å². The first-order valence-corrected chi connectivity index (χ1v) is 5.66. The lowest BCUT2D eigenvalue weighted by Gasteiger charge is -2.25. The van der Waals surface area contributed by atoms with Gasteiger partial charge in [0.05, 0.1) is 13.2 Å². The minimum absolute atomic E-state index is 0.0107. The molecule has 1 aliphatic heterocycles. The Morgan fingerprint density at radius 2 is 2.00 bits per heavy atom. The molecule has 0 saturated carbocycles. The standard InChI is InChI=1S/C13H16N2O2/c14-12-4-2-1-3-11(12)5-6-13(16)15-7-9-17-10-8-15/h1-6H,7-10,14H2. The second-order valence-electron chi connectivity index (χ2n) is 3.90. The van der Waals surface area contributed by atoms with Gasteiger partial charge in [0.15, 0.2) is 0 Å². The number of morpholine rings is 1. The maximum absolute atomic E-state index is 11.8. The molecule has 1 fully saturated rings. The second kappa shape index (κ2) is 5.50. The lowest BCUT2D eigenvalue weighted by atomic mass is 10.1. The fraction of sp³-hybridized carbons (Fsp3) is 0.308. The average Bonchev–Trinajstić information content (AvgIpc) is 2.38. The lowest BCUT2D eigenvalue weighted by molar-refractivity contribution is -0.129. The Labute approximate surface area is 101 Å². The monoisotopic (exact) mass is 232 g/mol. The molecule has 2 N–H and O–H groups in total. The number of carbonyl (C=O) groups excluding carboxylic acids is 1. The Bertz CT molecular complexity index is 423. The van der Waals surface area contributed by atoms with E-state index in [-0.39, 0.29) is 5.91 Å². The van der Waals surface area contributed by atoms with Crippen LogP contribution >= 0.6 is 0 Å². The van der Waals surface area contributed by atoms with E-state index >= 15 is 0 Å². The molecule has 17 heavy (non-hydrogen) atoms. The van der Waals surface area contributed by atoms with Crippen LogP contribution in [0.5, 0.6) is 0 Å². The van der Waals surface area contributed by atoms with Crippen molar-refractivity contribution in [3.05, 3.63) is 35.9 Å². The molecule has 1 amide bonds. The predicted octanol–water partition coefficient (Wildman–Crippen LogP) is 1.14. The molecule has 1 heterocycles. The maximum Gasteiger partial charge on any atom is 0.246 e. The van der Waals surface area contributed by atoms with Crippen LogP contribution < -0.4 is 5.73 Å². The summed E-state index contributed by atoms with van der Waals surface area (Å²) in [6.07, 6.45) is 3.32. The Balaban J connectivity index is 2.00. The van der Waals surface area contributed by atoms with Gasteiger partial charge in [-0.1, -0.05) is 18.2 Å². The van der Waals surface area contributed by atoms with Gasteiger partial charge in [0.2, 0.25) is 5.91 Å². The number of hydrogen-bond donors (Lipinski definition) is 1. The van der Waals surface area contributed by atoms with Crippen molar-refractivity contribution in [2.24, 2.45) is 0 Å². The minimum Gasteiger partial charge on any atom is -0.398 e. The van der Waals surface area contributed by atoms with Crippen LogP contribution in [0.25, 0.3) is 6.08 Å². The smallest absolute Gasteiger partial charge is 0.246 e. The first-order chi connectivity index (χ1) is 8.27. The summed E-state index contributed by atoms with van der Waals surface area (Å²) in [5, 5.41) is 0. The third-order valence-corrected chi connectivity index (χ3v) is 2.72. The van der Waals surface area contributed by atoms with Crippen molar-refractivity contribution in [3.8, 4) is 0 Å². The molecule has 4 heteroatoms. The molecule has 0 aliphatic carbocycles. The van der Waals surface area contributed by atoms with Gasteiger partial charge < -0.3 is 15.4 Å². The van der Waals surface area contributed by atoms with E-state index in [0.717, 1.165) is 5.56 Å². The van der Waals surface area contributed by atoms with Gasteiger partial charge in [-0.05, 0) is 17.7 Å². The van der Waals surface area contributed by atoms with Gasteiger partial charge in [-0.15, -0.1) is 0 Å². The Morgan fingerprint density at radius 3 is 2.71 bits per heavy atom. The molecule has 0 bridgehead atoms. The van der Waals surface area contributed by atoms with E-state index in [4.69, 9.17) is 10.5 Å². The molecular weight excluding hydrogens is 216 g/mol. The van der Waals surface area contributed by atoms with Gasteiger partial charge in [0, 0.05) is 24.9 Å². The SMILES string of the molecule is Nc1ccccc1C=CC(=O)N1CCOCC1. The number of amides is 1. The van der Waals surface area contributed by atoms with E-state index in [1.165, 1.54) is 0 Å². The largest absolute Gasteiger partial charge is 0.398 e. The van der Waals surface area contributed by atoms with E-state index in [9.17, 15) is 4.79 Å². The zero-order valence-corrected chi connectivity index (χ0v) is 9.63. The summed E-state index contributed by atoms with van der Waals surface area (Å²) in [6, 6.07) is 7.48. The van der Waals surface area contributed by atoms with E-state index in [0.29, 0.717) is 32.0 Å². The topological polar surface area (TPSA) is 55.6 Å². The van der Waals surface area contributed by atoms with Crippen molar-refractivity contribution in [3.63, 3.8) is 0 Å². The first-order valence-electron chi connectivity index (χ1n) is 5.66. The molecule has 4 nitrogen and oxygen atoms in total. The van der Waals surface area contributed by atoms with Crippen molar-refractivity contribution >= 4 is 17.7 Å². The number of carbonyl (C=O) groups is 1. The van der Waals surface area contributed by atoms with Gasteiger partial charge >= 0.3 is 0 Å². The van der Waals surface area contributed by atoms with Gasteiger partial charge in [0.25, 0.3) is 0 Å². The Hall–Kier alpha value is -1.81. The van der Waals surface area contributed by atoms with Crippen LogP contribution in [0.2, 0.25) is 0 Å². The zero-order chi connectivity index (χ0) is 12.1. The predicted molar refractivity (Wildman–Crippen MR) is 67.3 cm³/mol. The van der Waals surface area contributed by atoms with E-state index < -0.39 is 0 Å². The zero-order valence-electron chi connectivity index (χ0n) is 9.63. The number of para-hydroxylation sites is 1. The summed E-state index contributed by atoms with van der Waals surface area (Å²) in [6.45, 7) is 2.56. The molecule has 1 aliphatic rings. The normalized spacial score (nSPS) is 16.4. The highest BCUT2D eigenvalue weighted by Gasteiger charge is 2.13. The minimum atomic E-state index is 0.0107. The summed E-state index contributed by atoms with van der Waals surface area (Å²) in [7, 11) is 0. The van der Waals surface area contributed by atoms with Gasteiger partial charge in [0.1, 0.15) is 0 Å². The highest BCUT2D eigenvalue weighted by Crippen LogP contribution is 2.12. The Morgan fingerprint density at radius 1 is 1.29 bits per heavy atom. The number of benzene rings is 1. The number of hydrogen-bond acceptors (Lipinski definition) is 3. The van der Waals surface area contributed by atoms with Crippen molar-refractivity contribution in [1.82, 2.24) is 4.90 Å².